The van der Waals surface area contributed by atoms with Crippen molar-refractivity contribution in [3.05, 3.63) is 29.8 Å². The van der Waals surface area contributed by atoms with Crippen LogP contribution >= 0.6 is 11.8 Å². The van der Waals surface area contributed by atoms with Crippen LogP contribution in [0.5, 0.6) is 0 Å². The van der Waals surface area contributed by atoms with Gasteiger partial charge in [-0.15, -0.1) is 11.8 Å². The molecule has 1 aromatic rings. The number of thioether (sulfide) groups is 1. The Morgan fingerprint density at radius 3 is 3.16 bits per heavy atom. The van der Waals surface area contributed by atoms with Crippen molar-refractivity contribution in [2.75, 3.05) is 25.4 Å². The van der Waals surface area contributed by atoms with Gasteiger partial charge in [-0.25, -0.2) is 0 Å². The van der Waals surface area contributed by atoms with Crippen molar-refractivity contribution < 1.29 is 9.53 Å². The van der Waals surface area contributed by atoms with E-state index in [0.717, 1.165) is 18.7 Å². The lowest BCUT2D eigenvalue weighted by atomic mass is 10.0. The summed E-state index contributed by atoms with van der Waals surface area (Å²) in [6.07, 6.45) is 0.628. The molecular formula is C14H18N2O2S. The molecule has 0 saturated carbocycles. The predicted molar refractivity (Wildman–Crippen MR) is 75.3 cm³/mol. The van der Waals surface area contributed by atoms with Gasteiger partial charge >= 0.3 is 0 Å². The second-order valence-corrected chi connectivity index (χ2v) is 5.94. The molecule has 0 radical (unpaired) electrons. The SMILES string of the molecule is O=C(NC1CCSc2ccccc21)C1CNCCO1. The molecule has 0 aromatic heterocycles. The lowest BCUT2D eigenvalue weighted by Gasteiger charge is -2.29. The van der Waals surface area contributed by atoms with E-state index in [4.69, 9.17) is 4.74 Å². The number of amides is 1. The van der Waals surface area contributed by atoms with Gasteiger partial charge in [0.15, 0.2) is 0 Å². The molecule has 102 valence electrons. The van der Waals surface area contributed by atoms with Gasteiger partial charge in [-0.05, 0) is 18.1 Å². The number of carbonyl (C=O) groups is 1. The Bertz CT molecular complexity index is 461. The maximum absolute atomic E-state index is 12.2. The average molecular weight is 278 g/mol. The summed E-state index contributed by atoms with van der Waals surface area (Å²) in [5.74, 6) is 1.05. The van der Waals surface area contributed by atoms with E-state index in [-0.39, 0.29) is 18.1 Å². The second-order valence-electron chi connectivity index (χ2n) is 4.80. The van der Waals surface area contributed by atoms with Crippen LogP contribution < -0.4 is 10.6 Å². The molecule has 2 atom stereocenters. The number of morpholine rings is 1. The van der Waals surface area contributed by atoms with Crippen molar-refractivity contribution in [3.63, 3.8) is 0 Å². The second kappa shape index (κ2) is 5.94. The highest BCUT2D eigenvalue weighted by Crippen LogP contribution is 2.35. The lowest BCUT2D eigenvalue weighted by molar-refractivity contribution is -0.135. The number of hydrogen-bond donors (Lipinski definition) is 2. The summed E-state index contributed by atoms with van der Waals surface area (Å²) in [7, 11) is 0. The molecule has 1 saturated heterocycles. The first-order valence-electron chi connectivity index (χ1n) is 6.69. The van der Waals surface area contributed by atoms with Crippen LogP contribution in [0.25, 0.3) is 0 Å². The van der Waals surface area contributed by atoms with Crippen molar-refractivity contribution in [1.82, 2.24) is 10.6 Å². The summed E-state index contributed by atoms with van der Waals surface area (Å²) in [5.41, 5.74) is 1.23. The van der Waals surface area contributed by atoms with Crippen LogP contribution in [-0.4, -0.2) is 37.5 Å². The van der Waals surface area contributed by atoms with E-state index in [2.05, 4.69) is 22.8 Å². The molecule has 1 fully saturated rings. The third-order valence-corrected chi connectivity index (χ3v) is 4.62. The van der Waals surface area contributed by atoms with Gasteiger partial charge < -0.3 is 15.4 Å². The molecule has 19 heavy (non-hydrogen) atoms. The van der Waals surface area contributed by atoms with Crippen LogP contribution in [0.3, 0.4) is 0 Å². The van der Waals surface area contributed by atoms with E-state index in [0.29, 0.717) is 13.2 Å². The zero-order valence-electron chi connectivity index (χ0n) is 10.7. The number of carbonyl (C=O) groups excluding carboxylic acids is 1. The van der Waals surface area contributed by atoms with Crippen LogP contribution in [0.1, 0.15) is 18.0 Å². The monoisotopic (exact) mass is 278 g/mol. The summed E-state index contributed by atoms with van der Waals surface area (Å²) in [6.45, 7) is 2.04. The lowest BCUT2D eigenvalue weighted by Crippen LogP contribution is -2.48. The normalized spacial score (nSPS) is 26.5. The first-order chi connectivity index (χ1) is 9.34. The van der Waals surface area contributed by atoms with Gasteiger partial charge in [-0.1, -0.05) is 18.2 Å². The minimum atomic E-state index is -0.351. The Kier molecular flexibility index (Phi) is 4.06. The van der Waals surface area contributed by atoms with Gasteiger partial charge in [0.2, 0.25) is 0 Å². The zero-order valence-corrected chi connectivity index (χ0v) is 11.5. The standard InChI is InChI=1S/C14H18N2O2S/c17-14(12-9-15-6-7-18-12)16-11-5-8-19-13-4-2-1-3-10(11)13/h1-4,11-12,15H,5-9H2,(H,16,17). The van der Waals surface area contributed by atoms with E-state index >= 15 is 0 Å². The zero-order chi connectivity index (χ0) is 13.1. The summed E-state index contributed by atoms with van der Waals surface area (Å²) in [5, 5.41) is 6.31. The highest BCUT2D eigenvalue weighted by molar-refractivity contribution is 7.99. The fraction of sp³-hybridized carbons (Fsp3) is 0.500. The number of nitrogens with one attached hydrogen (secondary N) is 2. The molecule has 1 amide bonds. The fourth-order valence-electron chi connectivity index (χ4n) is 2.49. The smallest absolute Gasteiger partial charge is 0.250 e. The molecule has 2 N–H and O–H groups in total. The van der Waals surface area contributed by atoms with Crippen molar-refractivity contribution in [1.29, 1.82) is 0 Å². The fourth-order valence-corrected chi connectivity index (χ4v) is 3.62. The minimum absolute atomic E-state index is 0.00102. The maximum atomic E-state index is 12.2. The van der Waals surface area contributed by atoms with Gasteiger partial charge in [0.1, 0.15) is 6.10 Å². The Morgan fingerprint density at radius 2 is 2.32 bits per heavy atom. The molecule has 4 nitrogen and oxygen atoms in total. The molecule has 0 aliphatic carbocycles. The number of rotatable bonds is 2. The van der Waals surface area contributed by atoms with Gasteiger partial charge in [-0.2, -0.15) is 0 Å². The Labute approximate surface area is 117 Å². The molecule has 1 aromatic carbocycles. The molecule has 2 aliphatic rings. The Hall–Kier alpha value is -1.04. The maximum Gasteiger partial charge on any atom is 0.250 e. The van der Waals surface area contributed by atoms with Gasteiger partial charge in [0.25, 0.3) is 5.91 Å². The molecule has 2 aliphatic heterocycles. The first-order valence-corrected chi connectivity index (χ1v) is 7.67. The number of fused-ring (bicyclic) bond motifs is 1. The summed E-state index contributed by atoms with van der Waals surface area (Å²) in [6, 6.07) is 8.42. The third kappa shape index (κ3) is 2.94. The first kappa shape index (κ1) is 13.0. The Balaban J connectivity index is 1.68. The van der Waals surface area contributed by atoms with Crippen molar-refractivity contribution in [3.8, 4) is 0 Å². The number of ether oxygens (including phenoxy) is 1. The van der Waals surface area contributed by atoms with Gasteiger partial charge in [-0.3, -0.25) is 4.79 Å². The van der Waals surface area contributed by atoms with Crippen LogP contribution in [0.2, 0.25) is 0 Å². The molecular weight excluding hydrogens is 260 g/mol. The topological polar surface area (TPSA) is 50.4 Å². The molecule has 5 heteroatoms. The number of benzene rings is 1. The van der Waals surface area contributed by atoms with E-state index in [1.54, 1.807) is 0 Å². The van der Waals surface area contributed by atoms with Crippen molar-refractivity contribution in [2.45, 2.75) is 23.5 Å². The van der Waals surface area contributed by atoms with Gasteiger partial charge in [0, 0.05) is 23.7 Å². The van der Waals surface area contributed by atoms with E-state index in [1.807, 2.05) is 23.9 Å². The third-order valence-electron chi connectivity index (χ3n) is 3.50. The molecule has 3 rings (SSSR count). The minimum Gasteiger partial charge on any atom is -0.366 e. The molecule has 2 heterocycles. The quantitative estimate of drug-likeness (QED) is 0.857. The molecule has 0 spiro atoms. The van der Waals surface area contributed by atoms with Crippen molar-refractivity contribution >= 4 is 17.7 Å². The highest BCUT2D eigenvalue weighted by atomic mass is 32.2. The van der Waals surface area contributed by atoms with E-state index in [9.17, 15) is 4.79 Å². The van der Waals surface area contributed by atoms with Crippen LogP contribution in [0, 0.1) is 0 Å². The predicted octanol–water partition coefficient (Wildman–Crippen LogP) is 1.33. The largest absolute Gasteiger partial charge is 0.366 e. The summed E-state index contributed by atoms with van der Waals surface area (Å²) < 4.78 is 5.49. The highest BCUT2D eigenvalue weighted by Gasteiger charge is 2.27. The molecule has 2 unspecified atom stereocenters. The van der Waals surface area contributed by atoms with E-state index < -0.39 is 0 Å². The Morgan fingerprint density at radius 1 is 1.42 bits per heavy atom. The van der Waals surface area contributed by atoms with Crippen LogP contribution in [-0.2, 0) is 9.53 Å². The van der Waals surface area contributed by atoms with Crippen LogP contribution in [0.15, 0.2) is 29.2 Å². The molecule has 0 bridgehead atoms. The average Bonchev–Trinajstić information content (AvgIpc) is 2.48. The number of hydrogen-bond acceptors (Lipinski definition) is 4. The summed E-state index contributed by atoms with van der Waals surface area (Å²) in [4.78, 5) is 13.5. The van der Waals surface area contributed by atoms with E-state index in [1.165, 1.54) is 10.5 Å². The summed E-state index contributed by atoms with van der Waals surface area (Å²) >= 11 is 1.86. The van der Waals surface area contributed by atoms with Gasteiger partial charge in [0.05, 0.1) is 12.6 Å². The van der Waals surface area contributed by atoms with Crippen molar-refractivity contribution in [2.24, 2.45) is 0 Å². The van der Waals surface area contributed by atoms with Crippen LogP contribution in [0.4, 0.5) is 0 Å².